The van der Waals surface area contributed by atoms with Crippen LogP contribution >= 0.6 is 0 Å². The van der Waals surface area contributed by atoms with E-state index in [-0.39, 0.29) is 51.7 Å². The summed E-state index contributed by atoms with van der Waals surface area (Å²) in [4.78, 5) is 57.2. The molecule has 15 heteroatoms. The van der Waals surface area contributed by atoms with Crippen LogP contribution in [0.1, 0.15) is 101 Å². The van der Waals surface area contributed by atoms with E-state index in [0.717, 1.165) is 51.1 Å². The van der Waals surface area contributed by atoms with Crippen molar-refractivity contribution in [2.45, 2.75) is 66.2 Å². The van der Waals surface area contributed by atoms with Gasteiger partial charge in [0.1, 0.15) is 34.5 Å². The summed E-state index contributed by atoms with van der Waals surface area (Å²) in [5.74, 6) is 1.41. The van der Waals surface area contributed by atoms with E-state index < -0.39 is 21.4 Å². The van der Waals surface area contributed by atoms with Crippen molar-refractivity contribution < 1.29 is 62.3 Å². The lowest BCUT2D eigenvalue weighted by Crippen LogP contribution is -2.26. The number of rotatable bonds is 16. The van der Waals surface area contributed by atoms with Gasteiger partial charge < -0.3 is 29.9 Å². The van der Waals surface area contributed by atoms with Crippen LogP contribution in [0.5, 0.6) is 34.5 Å². The molecule has 0 spiro atoms. The first-order valence-corrected chi connectivity index (χ1v) is 26.3. The highest BCUT2D eigenvalue weighted by atomic mass is 32.2. The van der Waals surface area contributed by atoms with Crippen LogP contribution in [-0.4, -0.2) is 65.1 Å². The molecule has 0 aliphatic rings. The molecule has 0 saturated heterocycles. The lowest BCUT2D eigenvalue weighted by molar-refractivity contribution is -0.146. The summed E-state index contributed by atoms with van der Waals surface area (Å²) in [7, 11) is -2.12. The van der Waals surface area contributed by atoms with Gasteiger partial charge in [-0.15, -0.1) is 0 Å². The molecule has 0 bridgehead atoms. The van der Waals surface area contributed by atoms with Gasteiger partial charge in [0, 0.05) is 34.4 Å². The molecule has 8 aromatic rings. The number of methoxy groups -OCH3 is 1. The number of aromatic hydroxyl groups is 3. The maximum atomic E-state index is 12.2. The van der Waals surface area contributed by atoms with E-state index in [1.165, 1.54) is 69.3 Å². The van der Waals surface area contributed by atoms with Crippen LogP contribution < -0.4 is 14.2 Å². The summed E-state index contributed by atoms with van der Waals surface area (Å²) >= 11 is 0. The summed E-state index contributed by atoms with van der Waals surface area (Å²) in [6.07, 6.45) is 0.780. The minimum atomic E-state index is -3.71. The molecule has 5 N–H and O–H groups in total. The van der Waals surface area contributed by atoms with Crippen LogP contribution in [0.15, 0.2) is 187 Å². The van der Waals surface area contributed by atoms with Crippen molar-refractivity contribution in [3.8, 4) is 56.8 Å². The normalized spacial score (nSPS) is 10.7. The van der Waals surface area contributed by atoms with E-state index in [2.05, 4.69) is 4.72 Å². The molecular formula is C64H63NO13S. The predicted molar refractivity (Wildman–Crippen MR) is 306 cm³/mol. The van der Waals surface area contributed by atoms with E-state index in [0.29, 0.717) is 33.9 Å². The molecule has 408 valence electrons. The molecule has 0 fully saturated rings. The fourth-order valence-corrected chi connectivity index (χ4v) is 8.66. The monoisotopic (exact) mass is 1090 g/mol. The topological polar surface area (TPSA) is 231 Å². The number of aliphatic carboxylic acids is 1. The van der Waals surface area contributed by atoms with Crippen molar-refractivity contribution >= 4 is 44.8 Å². The number of benzene rings is 8. The average molecular weight is 1090 g/mol. The second-order valence-corrected chi connectivity index (χ2v) is 20.5. The van der Waals surface area contributed by atoms with Gasteiger partial charge in [-0.25, -0.2) is 8.42 Å². The third kappa shape index (κ3) is 17.9. The summed E-state index contributed by atoms with van der Waals surface area (Å²) in [5.41, 5.74) is 7.98. The largest absolute Gasteiger partial charge is 0.508 e. The number of hydrogen-bond donors (Lipinski definition) is 5. The minimum absolute atomic E-state index is 0.0544. The molecule has 0 radical (unpaired) electrons. The number of carbonyl (C=O) groups excluding carboxylic acids is 4. The van der Waals surface area contributed by atoms with Gasteiger partial charge in [0.05, 0.1) is 17.4 Å². The molecule has 8 aromatic carbocycles. The Balaban J connectivity index is 0.000000195. The van der Waals surface area contributed by atoms with E-state index in [1.54, 1.807) is 93.8 Å². The van der Waals surface area contributed by atoms with Crippen molar-refractivity contribution in [3.63, 3.8) is 0 Å². The molecule has 14 nitrogen and oxygen atoms in total. The number of nitrogens with one attached hydrogen (secondary N) is 1. The summed E-state index contributed by atoms with van der Waals surface area (Å²) in [6, 6.07) is 50.9. The number of carboxylic acid groups (broad SMARTS) is 1. The zero-order valence-corrected chi connectivity index (χ0v) is 45.9. The Morgan fingerprint density at radius 1 is 0.532 bits per heavy atom. The maximum Gasteiger partial charge on any atom is 0.309 e. The fourth-order valence-electron chi connectivity index (χ4n) is 7.60. The van der Waals surface area contributed by atoms with Crippen molar-refractivity contribution in [1.29, 1.82) is 0 Å². The van der Waals surface area contributed by atoms with Crippen LogP contribution in [0.25, 0.3) is 22.3 Å². The van der Waals surface area contributed by atoms with Crippen LogP contribution in [-0.2, 0) is 21.2 Å². The molecule has 0 aromatic heterocycles. The number of ketones is 4. The highest BCUT2D eigenvalue weighted by Gasteiger charge is 2.30. The van der Waals surface area contributed by atoms with Gasteiger partial charge in [-0.1, -0.05) is 79.7 Å². The first-order valence-electron chi connectivity index (χ1n) is 24.8. The SMILES string of the molecule is CC(=O)c1ccc(-c2ccc(O)cc2C)cc1.CC(=O)c1ccc(S(=O)(=O)Nc2ccc(O)cc2)cc1.CCc1cc(-c2ccc(O)cc2)ccc1C(C)=O.COc1ccc(Oc2ccc(C(=O)CC(C)(C)C(=O)O)cc2)cc1. The number of phenols is 3. The quantitative estimate of drug-likeness (QED) is 0.0448. The zero-order chi connectivity index (χ0) is 58.0. The molecular weight excluding hydrogens is 1020 g/mol. The zero-order valence-electron chi connectivity index (χ0n) is 45.1. The number of Topliss-reactive ketones (excluding diaryl/α,β-unsaturated/α-hetero) is 4. The first kappa shape index (κ1) is 60.5. The summed E-state index contributed by atoms with van der Waals surface area (Å²) in [6.45, 7) is 11.6. The lowest BCUT2D eigenvalue weighted by atomic mass is 9.86. The summed E-state index contributed by atoms with van der Waals surface area (Å²) < 4.78 is 37.4. The molecule has 0 amide bonds. The van der Waals surface area contributed by atoms with Gasteiger partial charge in [-0.2, -0.15) is 0 Å². The third-order valence-electron chi connectivity index (χ3n) is 12.2. The number of aryl methyl sites for hydroxylation is 2. The highest BCUT2D eigenvalue weighted by molar-refractivity contribution is 7.92. The van der Waals surface area contributed by atoms with Crippen molar-refractivity contribution in [2.24, 2.45) is 5.41 Å². The number of phenolic OH excluding ortho intramolecular Hbond substituents is 3. The number of sulfonamides is 1. The van der Waals surface area contributed by atoms with Gasteiger partial charge in [0.15, 0.2) is 23.1 Å². The first-order chi connectivity index (χ1) is 37.4. The van der Waals surface area contributed by atoms with Crippen LogP contribution in [0.4, 0.5) is 5.69 Å². The maximum absolute atomic E-state index is 12.2. The van der Waals surface area contributed by atoms with Crippen molar-refractivity contribution in [2.75, 3.05) is 11.8 Å². The second kappa shape index (κ2) is 27.6. The number of carboxylic acids is 1. The van der Waals surface area contributed by atoms with Gasteiger partial charge in [-0.05, 0) is 191 Å². The van der Waals surface area contributed by atoms with Gasteiger partial charge in [0.25, 0.3) is 10.0 Å². The van der Waals surface area contributed by atoms with Gasteiger partial charge >= 0.3 is 5.97 Å². The molecule has 0 unspecified atom stereocenters. The molecule has 0 aliphatic carbocycles. The van der Waals surface area contributed by atoms with Gasteiger partial charge in [-0.3, -0.25) is 28.7 Å². The predicted octanol–water partition coefficient (Wildman–Crippen LogP) is 14.0. The Kier molecular flexibility index (Phi) is 21.2. The van der Waals surface area contributed by atoms with Crippen molar-refractivity contribution in [3.05, 3.63) is 215 Å². The van der Waals surface area contributed by atoms with E-state index in [1.807, 2.05) is 74.5 Å². The average Bonchev–Trinajstić information content (AvgIpc) is 3.44. The Hall–Kier alpha value is -9.34. The molecule has 79 heavy (non-hydrogen) atoms. The standard InChI is InChI=1S/C19H20O5.C16H16O2.C15H14O2.C14H13NO4S/c1-19(2,18(21)22)12-17(20)13-4-6-15(7-5-13)24-16-10-8-14(23-3)9-11-16;1-3-12-10-14(6-9-16(12)11(2)17)13-4-7-15(18)8-5-13;1-10-9-14(17)7-8-15(10)13-5-3-12(4-6-13)11(2)16;1-10(16)11-2-8-14(9-3-11)20(18,19)15-12-4-6-13(17)7-5-12/h4-11H,12H2,1-3H3,(H,21,22);4-10,18H,3H2,1-2H3;3-9,17H,1-2H3;2-9,15,17H,1H3. The summed E-state index contributed by atoms with van der Waals surface area (Å²) in [5, 5.41) is 36.9. The second-order valence-electron chi connectivity index (χ2n) is 18.8. The molecule has 8 rings (SSSR count). The Bertz CT molecular complexity index is 3500. The smallest absolute Gasteiger partial charge is 0.309 e. The number of carbonyl (C=O) groups is 5. The van der Waals surface area contributed by atoms with E-state index in [4.69, 9.17) is 19.7 Å². The number of anilines is 1. The number of ether oxygens (including phenoxy) is 2. The van der Waals surface area contributed by atoms with Gasteiger partial charge in [0.2, 0.25) is 0 Å². The Morgan fingerprint density at radius 3 is 1.47 bits per heavy atom. The third-order valence-corrected chi connectivity index (χ3v) is 13.6. The Labute approximate surface area is 460 Å². The number of hydrogen-bond acceptors (Lipinski definition) is 12. The highest BCUT2D eigenvalue weighted by Crippen LogP contribution is 2.30. The Morgan fingerprint density at radius 2 is 0.987 bits per heavy atom. The van der Waals surface area contributed by atoms with Crippen molar-refractivity contribution in [1.82, 2.24) is 0 Å². The fraction of sp³-hybridized carbons (Fsp3) is 0.172. The minimum Gasteiger partial charge on any atom is -0.508 e. The van der Waals surface area contributed by atoms with Crippen LogP contribution in [0.3, 0.4) is 0 Å². The molecule has 0 atom stereocenters. The molecule has 0 saturated carbocycles. The van der Waals surface area contributed by atoms with E-state index in [9.17, 15) is 42.6 Å². The molecule has 0 aliphatic heterocycles. The van der Waals surface area contributed by atoms with Crippen LogP contribution in [0.2, 0.25) is 0 Å². The molecule has 0 heterocycles. The van der Waals surface area contributed by atoms with Crippen LogP contribution in [0, 0.1) is 12.3 Å². The lowest BCUT2D eigenvalue weighted by Gasteiger charge is -2.17. The van der Waals surface area contributed by atoms with E-state index >= 15 is 0 Å².